The molecule has 0 aliphatic carbocycles. The maximum Gasteiger partial charge on any atom is 0.410 e. The van der Waals surface area contributed by atoms with Gasteiger partial charge in [-0.25, -0.2) is 4.79 Å². The van der Waals surface area contributed by atoms with Gasteiger partial charge in [-0.1, -0.05) is 6.07 Å². The van der Waals surface area contributed by atoms with Crippen molar-refractivity contribution in [2.45, 2.75) is 38.8 Å². The van der Waals surface area contributed by atoms with Crippen LogP contribution in [0.2, 0.25) is 0 Å². The van der Waals surface area contributed by atoms with Crippen LogP contribution in [0, 0.1) is 0 Å². The lowest BCUT2D eigenvalue weighted by Crippen LogP contribution is -2.40. The summed E-state index contributed by atoms with van der Waals surface area (Å²) in [4.78, 5) is 34.7. The smallest absolute Gasteiger partial charge is 0.410 e. The molecule has 0 unspecified atom stereocenters. The van der Waals surface area contributed by atoms with Gasteiger partial charge in [-0.2, -0.15) is 0 Å². The van der Waals surface area contributed by atoms with E-state index in [1.807, 2.05) is 45.0 Å². The molecule has 1 aliphatic rings. The molecule has 2 amide bonds. The Balaban J connectivity index is 1.56. The lowest BCUT2D eigenvalue weighted by molar-refractivity contribution is 0.0290. The van der Waals surface area contributed by atoms with E-state index in [2.05, 4.69) is 15.3 Å². The van der Waals surface area contributed by atoms with E-state index in [1.165, 1.54) is 0 Å². The molecule has 1 saturated heterocycles. The number of ether oxygens (including phenoxy) is 1. The van der Waals surface area contributed by atoms with Crippen LogP contribution in [0.5, 0.6) is 0 Å². The molecular formula is C20H24N4O3. The van der Waals surface area contributed by atoms with Crippen molar-refractivity contribution < 1.29 is 14.3 Å². The van der Waals surface area contributed by atoms with Gasteiger partial charge < -0.3 is 15.0 Å². The predicted octanol–water partition coefficient (Wildman–Crippen LogP) is 2.88. The Morgan fingerprint density at radius 3 is 2.63 bits per heavy atom. The van der Waals surface area contributed by atoms with Gasteiger partial charge in [-0.05, 0) is 51.5 Å². The minimum absolute atomic E-state index is 0.109. The van der Waals surface area contributed by atoms with Gasteiger partial charge in [0.25, 0.3) is 5.91 Å². The highest BCUT2D eigenvalue weighted by Gasteiger charge is 2.30. The Morgan fingerprint density at radius 2 is 2.00 bits per heavy atom. The molecule has 1 atom stereocenters. The van der Waals surface area contributed by atoms with Crippen LogP contribution in [-0.2, 0) is 4.74 Å². The van der Waals surface area contributed by atoms with Crippen molar-refractivity contribution in [2.24, 2.45) is 0 Å². The number of carbonyl (C=O) groups excluding carboxylic acids is 2. The molecule has 0 radical (unpaired) electrons. The molecule has 1 aliphatic heterocycles. The fourth-order valence-corrected chi connectivity index (χ4v) is 2.84. The molecule has 3 heterocycles. The first-order valence-corrected chi connectivity index (χ1v) is 8.98. The van der Waals surface area contributed by atoms with Crippen LogP contribution in [0.1, 0.15) is 37.7 Å². The first kappa shape index (κ1) is 18.8. The van der Waals surface area contributed by atoms with Crippen LogP contribution in [0.4, 0.5) is 4.79 Å². The lowest BCUT2D eigenvalue weighted by Gasteiger charge is -2.24. The van der Waals surface area contributed by atoms with E-state index in [1.54, 1.807) is 23.4 Å². The van der Waals surface area contributed by atoms with Gasteiger partial charge in [-0.15, -0.1) is 0 Å². The average Bonchev–Trinajstić information content (AvgIpc) is 3.10. The molecular weight excluding hydrogens is 344 g/mol. The average molecular weight is 368 g/mol. The maximum atomic E-state index is 12.4. The van der Waals surface area contributed by atoms with Crippen molar-refractivity contribution >= 4 is 12.0 Å². The number of aromatic nitrogens is 2. The number of nitrogens with zero attached hydrogens (tertiary/aromatic N) is 3. The molecule has 27 heavy (non-hydrogen) atoms. The number of rotatable bonds is 3. The third-order valence-electron chi connectivity index (χ3n) is 4.13. The van der Waals surface area contributed by atoms with Gasteiger partial charge in [-0.3, -0.25) is 14.8 Å². The molecule has 2 aromatic rings. The SMILES string of the molecule is CC(C)(C)OC(=O)N1CC[C@@H](NC(=O)c2ccc(-c3ccccn3)cn2)C1. The largest absolute Gasteiger partial charge is 0.444 e. The second-order valence-electron chi connectivity index (χ2n) is 7.53. The standard InChI is InChI=1S/C20H24N4O3/c1-20(2,3)27-19(26)24-11-9-15(13-24)23-18(25)17-8-7-14(12-22-17)16-6-4-5-10-21-16/h4-8,10,12,15H,9,11,13H2,1-3H3,(H,23,25)/t15-/m1/s1. The molecule has 1 fully saturated rings. The van der Waals surface area contributed by atoms with E-state index in [-0.39, 0.29) is 18.0 Å². The van der Waals surface area contributed by atoms with Crippen molar-refractivity contribution in [3.05, 3.63) is 48.4 Å². The van der Waals surface area contributed by atoms with Crippen molar-refractivity contribution in [1.29, 1.82) is 0 Å². The van der Waals surface area contributed by atoms with E-state index in [4.69, 9.17) is 4.74 Å². The molecule has 0 saturated carbocycles. The maximum absolute atomic E-state index is 12.4. The van der Waals surface area contributed by atoms with E-state index in [0.717, 1.165) is 11.3 Å². The van der Waals surface area contributed by atoms with Gasteiger partial charge in [0.05, 0.1) is 5.69 Å². The zero-order valence-corrected chi connectivity index (χ0v) is 15.8. The summed E-state index contributed by atoms with van der Waals surface area (Å²) in [5, 5.41) is 2.94. The Kier molecular flexibility index (Phi) is 5.39. The van der Waals surface area contributed by atoms with Crippen LogP contribution in [0.15, 0.2) is 42.7 Å². The summed E-state index contributed by atoms with van der Waals surface area (Å²) in [5.41, 5.74) is 1.47. The van der Waals surface area contributed by atoms with Gasteiger partial charge >= 0.3 is 6.09 Å². The number of hydrogen-bond donors (Lipinski definition) is 1. The lowest BCUT2D eigenvalue weighted by atomic mass is 10.1. The second kappa shape index (κ2) is 7.73. The molecule has 7 nitrogen and oxygen atoms in total. The van der Waals surface area contributed by atoms with Crippen LogP contribution >= 0.6 is 0 Å². The minimum Gasteiger partial charge on any atom is -0.444 e. The summed E-state index contributed by atoms with van der Waals surface area (Å²) < 4.78 is 5.37. The van der Waals surface area contributed by atoms with Gasteiger partial charge in [0, 0.05) is 37.1 Å². The number of amides is 2. The fourth-order valence-electron chi connectivity index (χ4n) is 2.84. The fraction of sp³-hybridized carbons (Fsp3) is 0.400. The molecule has 1 N–H and O–H groups in total. The highest BCUT2D eigenvalue weighted by atomic mass is 16.6. The monoisotopic (exact) mass is 368 g/mol. The Bertz CT molecular complexity index is 800. The quantitative estimate of drug-likeness (QED) is 0.900. The summed E-state index contributed by atoms with van der Waals surface area (Å²) in [7, 11) is 0. The van der Waals surface area contributed by atoms with Crippen LogP contribution < -0.4 is 5.32 Å². The van der Waals surface area contributed by atoms with Crippen LogP contribution in [0.25, 0.3) is 11.3 Å². The highest BCUT2D eigenvalue weighted by molar-refractivity contribution is 5.92. The Hall–Kier alpha value is -2.96. The molecule has 7 heteroatoms. The summed E-state index contributed by atoms with van der Waals surface area (Å²) in [5.74, 6) is -0.251. The number of hydrogen-bond acceptors (Lipinski definition) is 5. The second-order valence-corrected chi connectivity index (χ2v) is 7.53. The van der Waals surface area contributed by atoms with Gasteiger partial charge in [0.15, 0.2) is 0 Å². The van der Waals surface area contributed by atoms with E-state index >= 15 is 0 Å². The number of carbonyl (C=O) groups is 2. The number of pyridine rings is 2. The normalized spacial score (nSPS) is 16.9. The molecule has 0 spiro atoms. The van der Waals surface area contributed by atoms with Crippen molar-refractivity contribution in [3.63, 3.8) is 0 Å². The molecule has 0 bridgehead atoms. The van der Waals surface area contributed by atoms with E-state index in [0.29, 0.717) is 25.2 Å². The summed E-state index contributed by atoms with van der Waals surface area (Å²) in [6, 6.07) is 9.04. The molecule has 2 aromatic heterocycles. The third kappa shape index (κ3) is 5.03. The first-order chi connectivity index (χ1) is 12.8. The molecule has 142 valence electrons. The van der Waals surface area contributed by atoms with Crippen LogP contribution in [0.3, 0.4) is 0 Å². The zero-order valence-electron chi connectivity index (χ0n) is 15.8. The minimum atomic E-state index is -0.530. The van der Waals surface area contributed by atoms with Gasteiger partial charge in [0.1, 0.15) is 11.3 Å². The third-order valence-corrected chi connectivity index (χ3v) is 4.13. The first-order valence-electron chi connectivity index (χ1n) is 8.98. The zero-order chi connectivity index (χ0) is 19.4. The topological polar surface area (TPSA) is 84.4 Å². The Labute approximate surface area is 158 Å². The van der Waals surface area contributed by atoms with Crippen molar-refractivity contribution in [1.82, 2.24) is 20.2 Å². The number of likely N-dealkylation sites (tertiary alicyclic amines) is 1. The Morgan fingerprint density at radius 1 is 1.19 bits per heavy atom. The van der Waals surface area contributed by atoms with Crippen LogP contribution in [-0.4, -0.2) is 51.6 Å². The van der Waals surface area contributed by atoms with Crippen molar-refractivity contribution in [2.75, 3.05) is 13.1 Å². The van der Waals surface area contributed by atoms with Crippen molar-refractivity contribution in [3.8, 4) is 11.3 Å². The predicted molar refractivity (Wildman–Crippen MR) is 101 cm³/mol. The highest BCUT2D eigenvalue weighted by Crippen LogP contribution is 2.17. The summed E-state index contributed by atoms with van der Waals surface area (Å²) in [6.45, 7) is 6.50. The van der Waals surface area contributed by atoms with E-state index in [9.17, 15) is 9.59 Å². The summed E-state index contributed by atoms with van der Waals surface area (Å²) in [6.07, 6.45) is 3.69. The van der Waals surface area contributed by atoms with E-state index < -0.39 is 5.60 Å². The molecule has 3 rings (SSSR count). The number of nitrogens with one attached hydrogen (secondary N) is 1. The summed E-state index contributed by atoms with van der Waals surface area (Å²) >= 11 is 0. The molecule has 0 aromatic carbocycles. The van der Waals surface area contributed by atoms with Gasteiger partial charge in [0.2, 0.25) is 0 Å².